The number of fused-ring (bicyclic) bond motifs is 3. The second-order valence-electron chi connectivity index (χ2n) is 12.0. The molecule has 0 spiro atoms. The Balaban J connectivity index is 1.51. The molecule has 0 unspecified atom stereocenters. The van der Waals surface area contributed by atoms with Crippen LogP contribution in [0.3, 0.4) is 0 Å². The number of nitriles is 1. The fourth-order valence-corrected chi connectivity index (χ4v) is 6.28. The van der Waals surface area contributed by atoms with Crippen LogP contribution >= 0.6 is 0 Å². The maximum Gasteiger partial charge on any atom is 0.216 e. The number of hydrogen-bond donors (Lipinski definition) is 0. The molecule has 1 saturated carbocycles. The normalized spacial score (nSPS) is 15.7. The number of aromatic nitrogens is 1. The van der Waals surface area contributed by atoms with E-state index in [-0.39, 0.29) is 0 Å². The zero-order chi connectivity index (χ0) is 26.6. The van der Waals surface area contributed by atoms with Crippen LogP contribution in [-0.4, -0.2) is 0 Å². The molecular weight excluding hydrogens is 464 g/mol. The number of benzene rings is 3. The number of furan rings is 1. The van der Waals surface area contributed by atoms with Gasteiger partial charge in [-0.1, -0.05) is 50.2 Å². The van der Waals surface area contributed by atoms with Crippen LogP contribution in [0.2, 0.25) is 0 Å². The smallest absolute Gasteiger partial charge is 0.216 e. The van der Waals surface area contributed by atoms with Gasteiger partial charge in [0.2, 0.25) is 5.69 Å². The SMILES string of the molecule is Cc1cc[n+](C)c(-c2c(C)ccc3c2oc2c(-c4ccc(C5CCC(C)(C)CC5)cc4)c(C#N)ccc23)c1. The Bertz CT molecular complexity index is 1720. The van der Waals surface area contributed by atoms with Gasteiger partial charge in [0.15, 0.2) is 6.20 Å². The summed E-state index contributed by atoms with van der Waals surface area (Å²) >= 11 is 0. The first-order valence-corrected chi connectivity index (χ1v) is 13.7. The lowest BCUT2D eigenvalue weighted by atomic mass is 9.71. The van der Waals surface area contributed by atoms with Gasteiger partial charge in [-0.25, -0.2) is 4.57 Å². The van der Waals surface area contributed by atoms with Gasteiger partial charge in [0, 0.05) is 28.5 Å². The Hall–Kier alpha value is -3.90. The molecule has 3 nitrogen and oxygen atoms in total. The summed E-state index contributed by atoms with van der Waals surface area (Å²) in [6.45, 7) is 9.02. The van der Waals surface area contributed by atoms with Crippen LogP contribution in [0.25, 0.3) is 44.3 Å². The molecule has 0 saturated heterocycles. The maximum absolute atomic E-state index is 10.1. The first-order chi connectivity index (χ1) is 18.3. The molecule has 1 aliphatic rings. The third kappa shape index (κ3) is 4.09. The minimum absolute atomic E-state index is 0.460. The molecule has 5 aromatic rings. The highest BCUT2D eigenvalue weighted by molar-refractivity contribution is 6.14. The van der Waals surface area contributed by atoms with E-state index in [9.17, 15) is 5.26 Å². The summed E-state index contributed by atoms with van der Waals surface area (Å²) < 4.78 is 8.89. The molecule has 0 N–H and O–H groups in total. The lowest BCUT2D eigenvalue weighted by Crippen LogP contribution is -2.30. The van der Waals surface area contributed by atoms with Gasteiger partial charge in [-0.05, 0) is 85.3 Å². The van der Waals surface area contributed by atoms with Crippen molar-refractivity contribution in [1.82, 2.24) is 0 Å². The van der Waals surface area contributed by atoms with Crippen molar-refractivity contribution in [3.63, 3.8) is 0 Å². The minimum atomic E-state index is 0.460. The molecule has 38 heavy (non-hydrogen) atoms. The summed E-state index contributed by atoms with van der Waals surface area (Å²) in [6, 6.07) is 24.0. The van der Waals surface area contributed by atoms with Crippen molar-refractivity contribution in [3.8, 4) is 28.5 Å². The maximum atomic E-state index is 10.1. The van der Waals surface area contributed by atoms with Crippen LogP contribution in [0.5, 0.6) is 0 Å². The molecule has 3 aromatic carbocycles. The first kappa shape index (κ1) is 24.4. The number of nitrogens with zero attached hydrogens (tertiary/aromatic N) is 2. The van der Waals surface area contributed by atoms with E-state index in [1.54, 1.807) is 0 Å². The summed E-state index contributed by atoms with van der Waals surface area (Å²) in [6.07, 6.45) is 7.13. The van der Waals surface area contributed by atoms with Crippen LogP contribution < -0.4 is 4.57 Å². The topological polar surface area (TPSA) is 40.8 Å². The molecule has 2 heterocycles. The molecule has 0 bridgehead atoms. The second kappa shape index (κ2) is 9.14. The molecule has 3 heteroatoms. The molecule has 2 aromatic heterocycles. The van der Waals surface area contributed by atoms with E-state index < -0.39 is 0 Å². The Morgan fingerprint density at radius 1 is 0.868 bits per heavy atom. The van der Waals surface area contributed by atoms with E-state index in [0.717, 1.165) is 44.3 Å². The molecule has 0 amide bonds. The van der Waals surface area contributed by atoms with Crippen molar-refractivity contribution < 1.29 is 8.98 Å². The van der Waals surface area contributed by atoms with Crippen molar-refractivity contribution in [3.05, 3.63) is 89.1 Å². The lowest BCUT2D eigenvalue weighted by Gasteiger charge is -2.34. The summed E-state index contributed by atoms with van der Waals surface area (Å²) in [7, 11) is 2.07. The zero-order valence-corrected chi connectivity index (χ0v) is 23.1. The predicted octanol–water partition coefficient (Wildman–Crippen LogP) is 8.92. The van der Waals surface area contributed by atoms with Crippen molar-refractivity contribution >= 4 is 21.9 Å². The van der Waals surface area contributed by atoms with Crippen molar-refractivity contribution in [2.45, 2.75) is 59.3 Å². The average molecular weight is 500 g/mol. The van der Waals surface area contributed by atoms with Gasteiger partial charge in [0.25, 0.3) is 0 Å². The zero-order valence-electron chi connectivity index (χ0n) is 23.1. The van der Waals surface area contributed by atoms with Crippen molar-refractivity contribution in [2.24, 2.45) is 12.5 Å². The molecule has 1 fully saturated rings. The Labute approximate surface area is 225 Å². The first-order valence-electron chi connectivity index (χ1n) is 13.7. The summed E-state index contributed by atoms with van der Waals surface area (Å²) in [5.41, 5.74) is 10.7. The van der Waals surface area contributed by atoms with E-state index in [2.05, 4.69) is 100 Å². The quantitative estimate of drug-likeness (QED) is 0.233. The third-order valence-corrected chi connectivity index (χ3v) is 8.71. The highest BCUT2D eigenvalue weighted by Gasteiger charge is 2.28. The highest BCUT2D eigenvalue weighted by atomic mass is 16.3. The van der Waals surface area contributed by atoms with Gasteiger partial charge in [-0.2, -0.15) is 5.26 Å². The lowest BCUT2D eigenvalue weighted by molar-refractivity contribution is -0.660. The average Bonchev–Trinajstić information content (AvgIpc) is 3.28. The van der Waals surface area contributed by atoms with Crippen molar-refractivity contribution in [1.29, 1.82) is 5.26 Å². The van der Waals surface area contributed by atoms with Gasteiger partial charge in [0.1, 0.15) is 18.2 Å². The van der Waals surface area contributed by atoms with Crippen LogP contribution in [0.4, 0.5) is 0 Å². The predicted molar refractivity (Wildman–Crippen MR) is 155 cm³/mol. The largest absolute Gasteiger partial charge is 0.454 e. The number of hydrogen-bond acceptors (Lipinski definition) is 2. The summed E-state index contributed by atoms with van der Waals surface area (Å²) in [4.78, 5) is 0. The van der Waals surface area contributed by atoms with Crippen molar-refractivity contribution in [2.75, 3.05) is 0 Å². The number of aryl methyl sites for hydroxylation is 3. The van der Waals surface area contributed by atoms with E-state index in [4.69, 9.17) is 4.42 Å². The van der Waals surface area contributed by atoms with E-state index in [0.29, 0.717) is 16.9 Å². The summed E-state index contributed by atoms with van der Waals surface area (Å²) in [5.74, 6) is 0.620. The fraction of sp³-hybridized carbons (Fsp3) is 0.314. The third-order valence-electron chi connectivity index (χ3n) is 8.71. The molecule has 190 valence electrons. The Morgan fingerprint density at radius 2 is 1.53 bits per heavy atom. The Morgan fingerprint density at radius 3 is 2.21 bits per heavy atom. The molecule has 0 radical (unpaired) electrons. The summed E-state index contributed by atoms with van der Waals surface area (Å²) in [5, 5.41) is 12.2. The Kier molecular flexibility index (Phi) is 5.88. The van der Waals surface area contributed by atoms with Gasteiger partial charge >= 0.3 is 0 Å². The van der Waals surface area contributed by atoms with Gasteiger partial charge < -0.3 is 4.42 Å². The van der Waals surface area contributed by atoms with Gasteiger partial charge in [-0.15, -0.1) is 0 Å². The molecule has 6 rings (SSSR count). The second-order valence-corrected chi connectivity index (χ2v) is 12.0. The van der Waals surface area contributed by atoms with E-state index >= 15 is 0 Å². The monoisotopic (exact) mass is 499 g/mol. The molecule has 0 aliphatic heterocycles. The van der Waals surface area contributed by atoms with Gasteiger partial charge in [-0.3, -0.25) is 0 Å². The van der Waals surface area contributed by atoms with E-state index in [1.807, 2.05) is 12.1 Å². The van der Waals surface area contributed by atoms with E-state index in [1.165, 1.54) is 42.4 Å². The van der Waals surface area contributed by atoms with Crippen LogP contribution in [0.15, 0.2) is 71.3 Å². The molecule has 1 aliphatic carbocycles. The fourth-order valence-electron chi connectivity index (χ4n) is 6.28. The number of pyridine rings is 1. The number of rotatable bonds is 3. The van der Waals surface area contributed by atoms with Gasteiger partial charge in [0.05, 0.1) is 17.2 Å². The minimum Gasteiger partial charge on any atom is -0.454 e. The highest BCUT2D eigenvalue weighted by Crippen LogP contribution is 2.44. The van der Waals surface area contributed by atoms with Crippen LogP contribution in [0.1, 0.15) is 67.7 Å². The van der Waals surface area contributed by atoms with Crippen LogP contribution in [-0.2, 0) is 7.05 Å². The standard InChI is InChI=1S/C35H35N2O/c1-22-16-19-37(5)30(20-22)31-23(2)6-12-28-29-13-11-27(21-36)32(34(29)38-33(28)31)26-9-7-24(8-10-26)25-14-17-35(3,4)18-15-25/h6-13,16,19-20,25H,14-15,17-18H2,1-5H3/q+1. The molecule has 0 atom stereocenters. The van der Waals surface area contributed by atoms with Crippen LogP contribution in [0, 0.1) is 30.6 Å². The molecular formula is C35H35N2O+.